The Balaban J connectivity index is 1.67. The van der Waals surface area contributed by atoms with Gasteiger partial charge in [-0.2, -0.15) is 5.10 Å². The molecule has 1 heterocycles. The van der Waals surface area contributed by atoms with Crippen LogP contribution in [0.1, 0.15) is 23.7 Å². The Morgan fingerprint density at radius 3 is 2.75 bits per heavy atom. The molecule has 2 aromatic carbocycles. The first kappa shape index (κ1) is 15.8. The average Bonchev–Trinajstić information content (AvgIpc) is 2.62. The van der Waals surface area contributed by atoms with Crippen molar-refractivity contribution in [3.8, 4) is 0 Å². The first-order valence-electron chi connectivity index (χ1n) is 7.64. The Bertz CT molecular complexity index is 875. The Morgan fingerprint density at radius 2 is 1.96 bits per heavy atom. The van der Waals surface area contributed by atoms with Crippen LogP contribution in [-0.4, -0.2) is 22.1 Å². The van der Waals surface area contributed by atoms with Gasteiger partial charge in [-0.25, -0.2) is 0 Å². The summed E-state index contributed by atoms with van der Waals surface area (Å²) >= 11 is 0. The highest BCUT2D eigenvalue weighted by molar-refractivity contribution is 5.85. The normalized spacial score (nSPS) is 13.5. The van der Waals surface area contributed by atoms with Crippen LogP contribution in [0.2, 0.25) is 0 Å². The van der Waals surface area contributed by atoms with Crippen LogP contribution >= 0.6 is 0 Å². The second-order valence-corrected chi connectivity index (χ2v) is 5.45. The molecule has 0 saturated carbocycles. The van der Waals surface area contributed by atoms with Gasteiger partial charge in [0, 0.05) is 24.4 Å². The van der Waals surface area contributed by atoms with E-state index in [1.165, 1.54) is 0 Å². The van der Waals surface area contributed by atoms with E-state index in [1.807, 2.05) is 54.6 Å². The third-order valence-electron chi connectivity index (χ3n) is 3.64. The summed E-state index contributed by atoms with van der Waals surface area (Å²) < 4.78 is 0. The molecule has 0 saturated heterocycles. The molecule has 1 aromatic heterocycles. The predicted octanol–water partition coefficient (Wildman–Crippen LogP) is 3.05. The zero-order chi connectivity index (χ0) is 16.8. The predicted molar refractivity (Wildman–Crippen MR) is 97.0 cm³/mol. The van der Waals surface area contributed by atoms with Crippen LogP contribution in [0.5, 0.6) is 0 Å². The van der Waals surface area contributed by atoms with E-state index < -0.39 is 6.10 Å². The Labute approximate surface area is 140 Å². The van der Waals surface area contributed by atoms with Crippen LogP contribution in [0, 0.1) is 0 Å². The van der Waals surface area contributed by atoms with Gasteiger partial charge in [0.05, 0.1) is 12.3 Å². The molecule has 0 amide bonds. The molecule has 5 heteroatoms. The molecule has 3 aromatic rings. The van der Waals surface area contributed by atoms with Crippen molar-refractivity contribution in [3.63, 3.8) is 0 Å². The molecular weight excluding hydrogens is 300 g/mol. The van der Waals surface area contributed by atoms with Crippen LogP contribution in [-0.2, 0) is 0 Å². The SMILES string of the molecule is N/C(CC(O)c1ccc2ccccc2c1)=N\N=C\c1cccnc1. The number of benzene rings is 2. The standard InChI is InChI=1S/C19H18N4O/c20-19(23-22-13-14-4-3-9-21-12-14)11-18(24)17-8-7-15-5-1-2-6-16(15)10-17/h1-10,12-13,18,24H,11H2,(H2,20,23)/b22-13+. The zero-order valence-electron chi connectivity index (χ0n) is 13.1. The summed E-state index contributed by atoms with van der Waals surface area (Å²) in [5.41, 5.74) is 7.49. The highest BCUT2D eigenvalue weighted by Gasteiger charge is 2.10. The quantitative estimate of drug-likeness (QED) is 0.431. The lowest BCUT2D eigenvalue weighted by Crippen LogP contribution is -2.15. The lowest BCUT2D eigenvalue weighted by Gasteiger charge is -2.11. The maximum atomic E-state index is 10.3. The number of hydrogen-bond donors (Lipinski definition) is 2. The minimum atomic E-state index is -0.716. The van der Waals surface area contributed by atoms with Gasteiger partial charge in [-0.05, 0) is 28.5 Å². The minimum Gasteiger partial charge on any atom is -0.388 e. The van der Waals surface area contributed by atoms with Gasteiger partial charge in [0.1, 0.15) is 5.84 Å². The molecule has 24 heavy (non-hydrogen) atoms. The van der Waals surface area contributed by atoms with Gasteiger partial charge in [-0.15, -0.1) is 5.10 Å². The second-order valence-electron chi connectivity index (χ2n) is 5.45. The van der Waals surface area contributed by atoms with Crippen molar-refractivity contribution in [1.29, 1.82) is 0 Å². The summed E-state index contributed by atoms with van der Waals surface area (Å²) in [6.45, 7) is 0. The average molecular weight is 318 g/mol. The molecule has 0 aliphatic heterocycles. The highest BCUT2D eigenvalue weighted by atomic mass is 16.3. The number of rotatable bonds is 5. The number of hydrogen-bond acceptors (Lipinski definition) is 4. The molecular formula is C19H18N4O. The molecule has 0 aliphatic carbocycles. The molecule has 0 radical (unpaired) electrons. The molecule has 0 fully saturated rings. The molecule has 5 nitrogen and oxygen atoms in total. The Kier molecular flexibility index (Phi) is 4.93. The lowest BCUT2D eigenvalue weighted by molar-refractivity contribution is 0.186. The molecule has 0 spiro atoms. The summed E-state index contributed by atoms with van der Waals surface area (Å²) in [4.78, 5) is 3.98. The third-order valence-corrected chi connectivity index (χ3v) is 3.64. The topological polar surface area (TPSA) is 83.9 Å². The Hall–Kier alpha value is -3.05. The summed E-state index contributed by atoms with van der Waals surface area (Å²) in [5.74, 6) is 0.274. The number of aliphatic hydroxyl groups is 1. The lowest BCUT2D eigenvalue weighted by atomic mass is 10.0. The van der Waals surface area contributed by atoms with Crippen molar-refractivity contribution in [2.45, 2.75) is 12.5 Å². The molecule has 3 rings (SSSR count). The molecule has 0 aliphatic rings. The van der Waals surface area contributed by atoms with E-state index in [-0.39, 0.29) is 12.3 Å². The molecule has 0 bridgehead atoms. The van der Waals surface area contributed by atoms with Crippen molar-refractivity contribution in [1.82, 2.24) is 4.98 Å². The molecule has 1 atom stereocenters. The monoisotopic (exact) mass is 318 g/mol. The van der Waals surface area contributed by atoms with Crippen molar-refractivity contribution >= 4 is 22.8 Å². The van der Waals surface area contributed by atoms with E-state index in [9.17, 15) is 5.11 Å². The van der Waals surface area contributed by atoms with E-state index in [4.69, 9.17) is 5.73 Å². The van der Waals surface area contributed by atoms with Crippen molar-refractivity contribution in [3.05, 3.63) is 78.1 Å². The molecule has 120 valence electrons. The van der Waals surface area contributed by atoms with E-state index in [0.717, 1.165) is 21.9 Å². The maximum Gasteiger partial charge on any atom is 0.125 e. The first-order valence-corrected chi connectivity index (χ1v) is 7.64. The van der Waals surface area contributed by atoms with Gasteiger partial charge in [0.15, 0.2) is 0 Å². The van der Waals surface area contributed by atoms with Crippen LogP contribution < -0.4 is 5.73 Å². The fraction of sp³-hybridized carbons (Fsp3) is 0.105. The number of amidine groups is 1. The summed E-state index contributed by atoms with van der Waals surface area (Å²) in [5, 5.41) is 20.4. The second kappa shape index (κ2) is 7.48. The van der Waals surface area contributed by atoms with Gasteiger partial charge in [0.25, 0.3) is 0 Å². The number of aliphatic hydroxyl groups excluding tert-OH is 1. The van der Waals surface area contributed by atoms with E-state index in [1.54, 1.807) is 18.6 Å². The van der Waals surface area contributed by atoms with Gasteiger partial charge in [-0.3, -0.25) is 4.98 Å². The largest absolute Gasteiger partial charge is 0.388 e. The van der Waals surface area contributed by atoms with Crippen molar-refractivity contribution in [2.75, 3.05) is 0 Å². The summed E-state index contributed by atoms with van der Waals surface area (Å²) in [6.07, 6.45) is 4.45. The fourth-order valence-corrected chi connectivity index (χ4v) is 2.39. The van der Waals surface area contributed by atoms with E-state index in [2.05, 4.69) is 15.2 Å². The Morgan fingerprint density at radius 1 is 1.12 bits per heavy atom. The number of nitrogens with zero attached hydrogens (tertiary/aromatic N) is 3. The number of aromatic nitrogens is 1. The van der Waals surface area contributed by atoms with Crippen LogP contribution in [0.25, 0.3) is 10.8 Å². The summed E-state index contributed by atoms with van der Waals surface area (Å²) in [6, 6.07) is 17.6. The van der Waals surface area contributed by atoms with E-state index >= 15 is 0 Å². The van der Waals surface area contributed by atoms with Gasteiger partial charge in [0.2, 0.25) is 0 Å². The minimum absolute atomic E-state index is 0.225. The fourth-order valence-electron chi connectivity index (χ4n) is 2.39. The van der Waals surface area contributed by atoms with Crippen LogP contribution in [0.4, 0.5) is 0 Å². The smallest absolute Gasteiger partial charge is 0.125 e. The molecule has 3 N–H and O–H groups in total. The van der Waals surface area contributed by atoms with Crippen molar-refractivity contribution < 1.29 is 5.11 Å². The van der Waals surface area contributed by atoms with Crippen molar-refractivity contribution in [2.24, 2.45) is 15.9 Å². The summed E-state index contributed by atoms with van der Waals surface area (Å²) in [7, 11) is 0. The first-order chi connectivity index (χ1) is 11.7. The number of nitrogens with two attached hydrogens (primary N) is 1. The van der Waals surface area contributed by atoms with Gasteiger partial charge < -0.3 is 10.8 Å². The third kappa shape index (κ3) is 4.02. The highest BCUT2D eigenvalue weighted by Crippen LogP contribution is 2.22. The maximum absolute atomic E-state index is 10.3. The van der Waals surface area contributed by atoms with Gasteiger partial charge >= 0.3 is 0 Å². The van der Waals surface area contributed by atoms with Crippen LogP contribution in [0.15, 0.2) is 77.2 Å². The number of fused-ring (bicyclic) bond motifs is 1. The van der Waals surface area contributed by atoms with E-state index in [0.29, 0.717) is 0 Å². The zero-order valence-corrected chi connectivity index (χ0v) is 13.1. The van der Waals surface area contributed by atoms with Gasteiger partial charge in [-0.1, -0.05) is 42.5 Å². The number of pyridine rings is 1. The van der Waals surface area contributed by atoms with Crippen LogP contribution in [0.3, 0.4) is 0 Å². The molecule has 1 unspecified atom stereocenters.